The van der Waals surface area contributed by atoms with Crippen molar-refractivity contribution in [3.63, 3.8) is 0 Å². The number of likely N-dealkylation sites (tertiary alicyclic amines) is 1. The monoisotopic (exact) mass is 325 g/mol. The van der Waals surface area contributed by atoms with Gasteiger partial charge in [0.2, 0.25) is 17.7 Å². The zero-order chi connectivity index (χ0) is 17.4. The van der Waals surface area contributed by atoms with Crippen LogP contribution in [0.1, 0.15) is 59.3 Å². The molecule has 1 rings (SSSR count). The van der Waals surface area contributed by atoms with Crippen LogP contribution in [-0.2, 0) is 14.4 Å². The van der Waals surface area contributed by atoms with Gasteiger partial charge in [0.05, 0.1) is 6.04 Å². The van der Waals surface area contributed by atoms with E-state index in [9.17, 15) is 14.4 Å². The van der Waals surface area contributed by atoms with Crippen molar-refractivity contribution in [2.45, 2.75) is 71.4 Å². The van der Waals surface area contributed by atoms with Gasteiger partial charge in [0.1, 0.15) is 6.04 Å². The molecule has 0 aromatic rings. The Balaban J connectivity index is 2.71. The summed E-state index contributed by atoms with van der Waals surface area (Å²) >= 11 is 0. The van der Waals surface area contributed by atoms with E-state index in [4.69, 9.17) is 0 Å². The summed E-state index contributed by atoms with van der Waals surface area (Å²) in [6, 6.07) is -0.849. The fraction of sp³-hybridized carbons (Fsp3) is 0.824. The van der Waals surface area contributed by atoms with Gasteiger partial charge in [0.25, 0.3) is 0 Å². The number of amides is 3. The molecule has 1 unspecified atom stereocenters. The lowest BCUT2D eigenvalue weighted by molar-refractivity contribution is -0.137. The van der Waals surface area contributed by atoms with Gasteiger partial charge in [-0.3, -0.25) is 24.6 Å². The van der Waals surface area contributed by atoms with Gasteiger partial charge in [0, 0.05) is 6.42 Å². The molecule has 0 radical (unpaired) electrons. The molecule has 3 amide bonds. The number of carbonyl (C=O) groups excluding carboxylic acids is 3. The van der Waals surface area contributed by atoms with Crippen molar-refractivity contribution in [1.29, 1.82) is 0 Å². The summed E-state index contributed by atoms with van der Waals surface area (Å²) in [5.41, 5.74) is 0. The Bertz CT molecular complexity index is 425. The van der Waals surface area contributed by atoms with Crippen LogP contribution in [0.15, 0.2) is 0 Å². The summed E-state index contributed by atoms with van der Waals surface area (Å²) in [7, 11) is 1.94. The number of carbonyl (C=O) groups is 3. The van der Waals surface area contributed by atoms with Gasteiger partial charge in [-0.05, 0) is 38.8 Å². The average Bonchev–Trinajstić information content (AvgIpc) is 2.52. The summed E-state index contributed by atoms with van der Waals surface area (Å²) in [4.78, 5) is 38.6. The highest BCUT2D eigenvalue weighted by Gasteiger charge is 2.32. The Hall–Kier alpha value is -1.43. The number of nitrogens with one attached hydrogen (secondary N) is 2. The maximum Gasteiger partial charge on any atom is 0.249 e. The van der Waals surface area contributed by atoms with Crippen LogP contribution in [0.5, 0.6) is 0 Å². The quantitative estimate of drug-likeness (QED) is 0.742. The van der Waals surface area contributed by atoms with Gasteiger partial charge in [-0.1, -0.05) is 33.6 Å². The molecular formula is C17H31N3O3. The van der Waals surface area contributed by atoms with Crippen LogP contribution in [0.3, 0.4) is 0 Å². The van der Waals surface area contributed by atoms with E-state index in [0.717, 1.165) is 32.2 Å². The smallest absolute Gasteiger partial charge is 0.249 e. The van der Waals surface area contributed by atoms with E-state index < -0.39 is 11.9 Å². The van der Waals surface area contributed by atoms with Crippen molar-refractivity contribution in [1.82, 2.24) is 15.5 Å². The molecule has 2 N–H and O–H groups in total. The second-order valence-electron chi connectivity index (χ2n) is 6.53. The number of hydrogen-bond acceptors (Lipinski definition) is 4. The van der Waals surface area contributed by atoms with E-state index in [2.05, 4.69) is 10.6 Å². The molecule has 0 bridgehead atoms. The third kappa shape index (κ3) is 5.94. The highest BCUT2D eigenvalue weighted by molar-refractivity contribution is 5.99. The van der Waals surface area contributed by atoms with Crippen molar-refractivity contribution >= 4 is 17.7 Å². The van der Waals surface area contributed by atoms with Crippen LogP contribution in [0.25, 0.3) is 0 Å². The van der Waals surface area contributed by atoms with Crippen LogP contribution in [0, 0.1) is 5.92 Å². The third-order valence-corrected chi connectivity index (χ3v) is 4.61. The van der Waals surface area contributed by atoms with Gasteiger partial charge < -0.3 is 5.32 Å². The normalized spacial score (nSPS) is 21.3. The van der Waals surface area contributed by atoms with Crippen molar-refractivity contribution in [3.05, 3.63) is 0 Å². The topological polar surface area (TPSA) is 78.5 Å². The maximum absolute atomic E-state index is 12.5. The highest BCUT2D eigenvalue weighted by Crippen LogP contribution is 2.16. The van der Waals surface area contributed by atoms with Crippen LogP contribution < -0.4 is 10.6 Å². The van der Waals surface area contributed by atoms with Crippen molar-refractivity contribution in [3.8, 4) is 0 Å². The molecule has 0 spiro atoms. The molecule has 0 saturated carbocycles. The molecule has 132 valence electrons. The number of rotatable bonds is 7. The van der Waals surface area contributed by atoms with E-state index in [1.165, 1.54) is 0 Å². The van der Waals surface area contributed by atoms with E-state index in [1.54, 1.807) is 0 Å². The molecule has 1 heterocycles. The molecule has 6 heteroatoms. The molecule has 6 nitrogen and oxygen atoms in total. The third-order valence-electron chi connectivity index (χ3n) is 4.61. The molecule has 23 heavy (non-hydrogen) atoms. The zero-order valence-corrected chi connectivity index (χ0v) is 14.9. The van der Waals surface area contributed by atoms with Crippen LogP contribution >= 0.6 is 0 Å². The largest absolute Gasteiger partial charge is 0.343 e. The summed E-state index contributed by atoms with van der Waals surface area (Å²) in [5, 5.41) is 5.28. The number of hydrogen-bond donors (Lipinski definition) is 2. The molecular weight excluding hydrogens is 294 g/mol. The first-order valence-electron chi connectivity index (χ1n) is 8.74. The molecule has 1 aliphatic rings. The lowest BCUT2D eigenvalue weighted by Crippen LogP contribution is -2.56. The Morgan fingerprint density at radius 2 is 1.91 bits per heavy atom. The second-order valence-corrected chi connectivity index (χ2v) is 6.53. The van der Waals surface area contributed by atoms with Gasteiger partial charge in [-0.15, -0.1) is 0 Å². The molecule has 0 aliphatic carbocycles. The predicted molar refractivity (Wildman–Crippen MR) is 89.7 cm³/mol. The molecule has 3 atom stereocenters. The van der Waals surface area contributed by atoms with E-state index in [0.29, 0.717) is 12.8 Å². The molecule has 1 saturated heterocycles. The number of nitrogens with zero attached hydrogens (tertiary/aromatic N) is 1. The summed E-state index contributed by atoms with van der Waals surface area (Å²) in [6.45, 7) is 6.67. The highest BCUT2D eigenvalue weighted by atomic mass is 16.2. The molecule has 0 aromatic carbocycles. The van der Waals surface area contributed by atoms with Crippen molar-refractivity contribution in [2.75, 3.05) is 13.6 Å². The lowest BCUT2D eigenvalue weighted by Gasteiger charge is -2.33. The lowest BCUT2D eigenvalue weighted by atomic mass is 9.96. The van der Waals surface area contributed by atoms with Crippen LogP contribution in [0.4, 0.5) is 0 Å². The minimum absolute atomic E-state index is 0.0257. The summed E-state index contributed by atoms with van der Waals surface area (Å²) in [5.74, 6) is -0.822. The average molecular weight is 325 g/mol. The Morgan fingerprint density at radius 1 is 1.22 bits per heavy atom. The van der Waals surface area contributed by atoms with Gasteiger partial charge >= 0.3 is 0 Å². The van der Waals surface area contributed by atoms with Gasteiger partial charge in [-0.25, -0.2) is 0 Å². The van der Waals surface area contributed by atoms with E-state index in [1.807, 2.05) is 32.7 Å². The Kier molecular flexibility index (Phi) is 8.23. The fourth-order valence-electron chi connectivity index (χ4n) is 2.86. The Morgan fingerprint density at radius 3 is 2.48 bits per heavy atom. The molecule has 1 fully saturated rings. The number of piperidine rings is 1. The number of imide groups is 1. The first-order chi connectivity index (χ1) is 10.9. The standard InChI is InChI=1S/C17H31N3O3/c1-5-9-14(21)18-17(23)15(12(3)6-2)19-16(22)13-10-7-8-11-20(13)4/h12-13,15H,5-11H2,1-4H3,(H,19,22)(H,18,21,23)/t12?,13-,15+/m1/s1. The Labute approximate surface area is 139 Å². The molecule has 1 aliphatic heterocycles. The fourth-order valence-corrected chi connectivity index (χ4v) is 2.86. The van der Waals surface area contributed by atoms with Crippen LogP contribution in [0.2, 0.25) is 0 Å². The summed E-state index contributed by atoms with van der Waals surface area (Å²) < 4.78 is 0. The van der Waals surface area contributed by atoms with Crippen molar-refractivity contribution < 1.29 is 14.4 Å². The molecule has 0 aromatic heterocycles. The summed E-state index contributed by atoms with van der Waals surface area (Å²) in [6.07, 6.45) is 4.69. The first-order valence-corrected chi connectivity index (χ1v) is 8.74. The van der Waals surface area contributed by atoms with E-state index in [-0.39, 0.29) is 23.8 Å². The van der Waals surface area contributed by atoms with Crippen LogP contribution in [-0.4, -0.2) is 48.3 Å². The second kappa shape index (κ2) is 9.65. The minimum Gasteiger partial charge on any atom is -0.343 e. The minimum atomic E-state index is -0.663. The first kappa shape index (κ1) is 19.6. The van der Waals surface area contributed by atoms with E-state index >= 15 is 0 Å². The number of likely N-dealkylation sites (N-methyl/N-ethyl adjacent to an activating group) is 1. The maximum atomic E-state index is 12.5. The predicted octanol–water partition coefficient (Wildman–Crippen LogP) is 1.44. The van der Waals surface area contributed by atoms with Gasteiger partial charge in [0.15, 0.2) is 0 Å². The van der Waals surface area contributed by atoms with Crippen molar-refractivity contribution in [2.24, 2.45) is 5.92 Å². The van der Waals surface area contributed by atoms with Gasteiger partial charge in [-0.2, -0.15) is 0 Å². The zero-order valence-electron chi connectivity index (χ0n) is 14.9. The SMILES string of the molecule is CCCC(=O)NC(=O)[C@@H](NC(=O)[C@H]1CCCCN1C)C(C)CC.